The molecular formula is C18H19ClN2O4. The second kappa shape index (κ2) is 7.27. The van der Waals surface area contributed by atoms with E-state index in [0.717, 1.165) is 5.39 Å². The lowest BCUT2D eigenvalue weighted by molar-refractivity contribution is -0.147. The van der Waals surface area contributed by atoms with Gasteiger partial charge in [0.1, 0.15) is 11.3 Å². The Hall–Kier alpha value is -2.34. The van der Waals surface area contributed by atoms with E-state index in [-0.39, 0.29) is 25.1 Å². The summed E-state index contributed by atoms with van der Waals surface area (Å²) in [7, 11) is 0. The van der Waals surface area contributed by atoms with E-state index in [1.165, 1.54) is 0 Å². The van der Waals surface area contributed by atoms with Gasteiger partial charge in [0.2, 0.25) is 0 Å². The highest BCUT2D eigenvalue weighted by Gasteiger charge is 2.32. The van der Waals surface area contributed by atoms with Gasteiger partial charge in [-0.2, -0.15) is 0 Å². The SMILES string of the molecule is CC1CCC(C(=O)O)CN1C(=O)COc1ccc(Cl)c2cccnc12. The summed E-state index contributed by atoms with van der Waals surface area (Å²) >= 11 is 6.15. The number of halogens is 1. The van der Waals surface area contributed by atoms with E-state index in [0.29, 0.717) is 29.1 Å². The van der Waals surface area contributed by atoms with Crippen molar-refractivity contribution in [2.24, 2.45) is 5.92 Å². The van der Waals surface area contributed by atoms with E-state index < -0.39 is 11.9 Å². The Bertz CT molecular complexity index is 811. The number of piperidine rings is 1. The highest BCUT2D eigenvalue weighted by molar-refractivity contribution is 6.35. The van der Waals surface area contributed by atoms with Crippen LogP contribution in [0.5, 0.6) is 5.75 Å². The molecule has 6 nitrogen and oxygen atoms in total. The van der Waals surface area contributed by atoms with Crippen LogP contribution < -0.4 is 4.74 Å². The lowest BCUT2D eigenvalue weighted by Crippen LogP contribution is -2.49. The molecule has 0 aliphatic carbocycles. The van der Waals surface area contributed by atoms with Gasteiger partial charge in [-0.15, -0.1) is 0 Å². The van der Waals surface area contributed by atoms with Crippen molar-refractivity contribution < 1.29 is 19.4 Å². The third-order valence-corrected chi connectivity index (χ3v) is 4.91. The summed E-state index contributed by atoms with van der Waals surface area (Å²) in [6.07, 6.45) is 2.90. The number of likely N-dealkylation sites (tertiary alicyclic amines) is 1. The predicted octanol–water partition coefficient (Wildman–Crippen LogP) is 2.98. The number of hydrogen-bond donors (Lipinski definition) is 1. The van der Waals surface area contributed by atoms with Crippen molar-refractivity contribution in [3.05, 3.63) is 35.5 Å². The molecule has 7 heteroatoms. The van der Waals surface area contributed by atoms with Crippen LogP contribution in [0, 0.1) is 5.92 Å². The monoisotopic (exact) mass is 362 g/mol. The zero-order chi connectivity index (χ0) is 18.0. The highest BCUT2D eigenvalue weighted by Crippen LogP contribution is 2.30. The molecule has 1 amide bonds. The van der Waals surface area contributed by atoms with Gasteiger partial charge in [-0.1, -0.05) is 11.6 Å². The number of aliphatic carboxylic acids is 1. The van der Waals surface area contributed by atoms with E-state index in [1.54, 1.807) is 29.3 Å². The molecule has 3 rings (SSSR count). The second-order valence-electron chi connectivity index (χ2n) is 6.24. The van der Waals surface area contributed by atoms with Crippen LogP contribution in [0.1, 0.15) is 19.8 Å². The number of carboxylic acid groups (broad SMARTS) is 1. The Kier molecular flexibility index (Phi) is 5.08. The number of pyridine rings is 1. The van der Waals surface area contributed by atoms with Gasteiger partial charge in [0.05, 0.1) is 10.9 Å². The van der Waals surface area contributed by atoms with Gasteiger partial charge in [-0.05, 0) is 44.0 Å². The molecule has 0 spiro atoms. The van der Waals surface area contributed by atoms with Crippen molar-refractivity contribution in [1.82, 2.24) is 9.88 Å². The van der Waals surface area contributed by atoms with Crippen molar-refractivity contribution in [2.75, 3.05) is 13.2 Å². The van der Waals surface area contributed by atoms with Crippen molar-refractivity contribution in [2.45, 2.75) is 25.8 Å². The molecule has 2 aromatic rings. The number of hydrogen-bond acceptors (Lipinski definition) is 4. The molecule has 1 N–H and O–H groups in total. The van der Waals surface area contributed by atoms with Gasteiger partial charge < -0.3 is 14.7 Å². The molecule has 1 aliphatic heterocycles. The summed E-state index contributed by atoms with van der Waals surface area (Å²) in [4.78, 5) is 29.6. The van der Waals surface area contributed by atoms with Crippen molar-refractivity contribution in [3.8, 4) is 5.75 Å². The van der Waals surface area contributed by atoms with Gasteiger partial charge in [-0.3, -0.25) is 14.6 Å². The first-order valence-electron chi connectivity index (χ1n) is 8.15. The Morgan fingerprint density at radius 1 is 1.36 bits per heavy atom. The number of fused-ring (bicyclic) bond motifs is 1. The van der Waals surface area contributed by atoms with Gasteiger partial charge in [0.15, 0.2) is 6.61 Å². The molecule has 25 heavy (non-hydrogen) atoms. The molecule has 1 aromatic heterocycles. The van der Waals surface area contributed by atoms with Crippen LogP contribution in [-0.4, -0.2) is 46.1 Å². The fourth-order valence-electron chi connectivity index (χ4n) is 3.11. The van der Waals surface area contributed by atoms with Crippen molar-refractivity contribution in [3.63, 3.8) is 0 Å². The van der Waals surface area contributed by atoms with E-state index in [4.69, 9.17) is 16.3 Å². The number of carbonyl (C=O) groups is 2. The average molecular weight is 363 g/mol. The van der Waals surface area contributed by atoms with Crippen LogP contribution >= 0.6 is 11.6 Å². The minimum absolute atomic E-state index is 0.00628. The normalized spacial score (nSPS) is 20.5. The van der Waals surface area contributed by atoms with Gasteiger partial charge >= 0.3 is 5.97 Å². The average Bonchev–Trinajstić information content (AvgIpc) is 2.61. The van der Waals surface area contributed by atoms with E-state index >= 15 is 0 Å². The number of aromatic nitrogens is 1. The number of nitrogens with zero attached hydrogens (tertiary/aromatic N) is 2. The summed E-state index contributed by atoms with van der Waals surface area (Å²) in [6.45, 7) is 1.98. The number of carbonyl (C=O) groups excluding carboxylic acids is 1. The van der Waals surface area contributed by atoms with Gasteiger partial charge in [0.25, 0.3) is 5.91 Å². The molecule has 2 heterocycles. The Labute approximate surface area is 150 Å². The number of benzene rings is 1. The minimum atomic E-state index is -0.862. The summed E-state index contributed by atoms with van der Waals surface area (Å²) in [5.74, 6) is -1.12. The minimum Gasteiger partial charge on any atom is -0.481 e. The number of carboxylic acids is 1. The second-order valence-corrected chi connectivity index (χ2v) is 6.65. The number of rotatable bonds is 4. The summed E-state index contributed by atoms with van der Waals surface area (Å²) in [5.41, 5.74) is 0.595. The fourth-order valence-corrected chi connectivity index (χ4v) is 3.32. The zero-order valence-corrected chi connectivity index (χ0v) is 14.6. The lowest BCUT2D eigenvalue weighted by atomic mass is 9.93. The Morgan fingerprint density at radius 2 is 2.16 bits per heavy atom. The smallest absolute Gasteiger partial charge is 0.308 e. The molecular weight excluding hydrogens is 344 g/mol. The zero-order valence-electron chi connectivity index (χ0n) is 13.8. The van der Waals surface area contributed by atoms with Crippen LogP contribution in [0.2, 0.25) is 5.02 Å². The largest absolute Gasteiger partial charge is 0.481 e. The quantitative estimate of drug-likeness (QED) is 0.904. The predicted molar refractivity (Wildman–Crippen MR) is 93.8 cm³/mol. The van der Waals surface area contributed by atoms with Crippen LogP contribution in [-0.2, 0) is 9.59 Å². The molecule has 1 saturated heterocycles. The van der Waals surface area contributed by atoms with Gasteiger partial charge in [0, 0.05) is 24.2 Å². The van der Waals surface area contributed by atoms with Crippen molar-refractivity contribution >= 4 is 34.4 Å². The molecule has 1 aliphatic rings. The maximum atomic E-state index is 12.5. The highest BCUT2D eigenvalue weighted by atomic mass is 35.5. The molecule has 132 valence electrons. The van der Waals surface area contributed by atoms with Crippen LogP contribution in [0.3, 0.4) is 0 Å². The molecule has 0 bridgehead atoms. The molecule has 0 saturated carbocycles. The van der Waals surface area contributed by atoms with E-state index in [2.05, 4.69) is 4.98 Å². The molecule has 0 radical (unpaired) electrons. The van der Waals surface area contributed by atoms with Crippen LogP contribution in [0.15, 0.2) is 30.5 Å². The summed E-state index contributed by atoms with van der Waals surface area (Å²) in [6, 6.07) is 7.01. The lowest BCUT2D eigenvalue weighted by Gasteiger charge is -2.36. The summed E-state index contributed by atoms with van der Waals surface area (Å²) in [5, 5.41) is 10.5. The maximum Gasteiger partial charge on any atom is 0.308 e. The van der Waals surface area contributed by atoms with Gasteiger partial charge in [-0.25, -0.2) is 0 Å². The number of ether oxygens (including phenoxy) is 1. The first-order chi connectivity index (χ1) is 12.0. The first-order valence-corrected chi connectivity index (χ1v) is 8.53. The fraction of sp³-hybridized carbons (Fsp3) is 0.389. The number of amides is 1. The maximum absolute atomic E-state index is 12.5. The van der Waals surface area contributed by atoms with Crippen LogP contribution in [0.4, 0.5) is 0 Å². The Morgan fingerprint density at radius 3 is 2.92 bits per heavy atom. The standard InChI is InChI=1S/C18H19ClN2O4/c1-11-4-5-12(18(23)24)9-21(11)16(22)10-25-15-7-6-14(19)13-3-2-8-20-17(13)15/h2-3,6-8,11-12H,4-5,9-10H2,1H3,(H,23,24). The van der Waals surface area contributed by atoms with E-state index in [1.807, 2.05) is 13.0 Å². The topological polar surface area (TPSA) is 79.7 Å². The van der Waals surface area contributed by atoms with Crippen LogP contribution in [0.25, 0.3) is 10.9 Å². The molecule has 1 aromatic carbocycles. The molecule has 2 unspecified atom stereocenters. The molecule has 1 fully saturated rings. The third kappa shape index (κ3) is 3.69. The first kappa shape index (κ1) is 17.5. The molecule has 2 atom stereocenters. The Balaban J connectivity index is 1.72. The van der Waals surface area contributed by atoms with E-state index in [9.17, 15) is 14.7 Å². The third-order valence-electron chi connectivity index (χ3n) is 4.58. The van der Waals surface area contributed by atoms with Crippen molar-refractivity contribution in [1.29, 1.82) is 0 Å². The summed E-state index contributed by atoms with van der Waals surface area (Å²) < 4.78 is 5.67.